The SMILES string of the molecule is Cc1cc(F)ccc1OCCN. The van der Waals surface area contributed by atoms with Gasteiger partial charge in [0.2, 0.25) is 0 Å². The van der Waals surface area contributed by atoms with Gasteiger partial charge in [-0.2, -0.15) is 0 Å². The molecule has 0 aliphatic rings. The molecule has 1 aromatic carbocycles. The van der Waals surface area contributed by atoms with Crippen LogP contribution in [0.3, 0.4) is 0 Å². The summed E-state index contributed by atoms with van der Waals surface area (Å²) in [5, 5.41) is 0. The van der Waals surface area contributed by atoms with E-state index in [0.717, 1.165) is 5.56 Å². The van der Waals surface area contributed by atoms with Crippen LogP contribution in [0.25, 0.3) is 0 Å². The Morgan fingerprint density at radius 3 is 2.83 bits per heavy atom. The van der Waals surface area contributed by atoms with E-state index in [-0.39, 0.29) is 5.82 Å². The molecule has 0 bridgehead atoms. The number of hydrogen-bond donors (Lipinski definition) is 1. The minimum atomic E-state index is -0.243. The van der Waals surface area contributed by atoms with Gasteiger partial charge in [-0.1, -0.05) is 0 Å². The van der Waals surface area contributed by atoms with Crippen molar-refractivity contribution in [3.63, 3.8) is 0 Å². The summed E-state index contributed by atoms with van der Waals surface area (Å²) in [6.07, 6.45) is 0. The maximum atomic E-state index is 12.6. The molecule has 0 atom stereocenters. The zero-order valence-electron chi connectivity index (χ0n) is 7.01. The highest BCUT2D eigenvalue weighted by Gasteiger charge is 1.99. The van der Waals surface area contributed by atoms with Crippen LogP contribution in [0.4, 0.5) is 4.39 Å². The molecule has 0 unspecified atom stereocenters. The number of nitrogens with two attached hydrogens (primary N) is 1. The fraction of sp³-hybridized carbons (Fsp3) is 0.333. The first-order valence-corrected chi connectivity index (χ1v) is 3.83. The molecular formula is C9H12FNO. The van der Waals surface area contributed by atoms with Crippen LogP contribution in [-0.4, -0.2) is 13.2 Å². The first kappa shape index (κ1) is 9.00. The molecule has 2 N–H and O–H groups in total. The summed E-state index contributed by atoms with van der Waals surface area (Å²) in [4.78, 5) is 0. The Labute approximate surface area is 71.1 Å². The van der Waals surface area contributed by atoms with Gasteiger partial charge in [0.15, 0.2) is 0 Å². The molecule has 2 nitrogen and oxygen atoms in total. The molecule has 0 heterocycles. The van der Waals surface area contributed by atoms with Crippen LogP contribution >= 0.6 is 0 Å². The van der Waals surface area contributed by atoms with Crippen LogP contribution in [0, 0.1) is 12.7 Å². The Morgan fingerprint density at radius 1 is 1.50 bits per heavy atom. The second-order valence-corrected chi connectivity index (χ2v) is 2.55. The van der Waals surface area contributed by atoms with Crippen LogP contribution in [-0.2, 0) is 0 Å². The van der Waals surface area contributed by atoms with Crippen molar-refractivity contribution in [3.8, 4) is 5.75 Å². The van der Waals surface area contributed by atoms with Crippen LogP contribution in [0.5, 0.6) is 5.75 Å². The number of aryl methyl sites for hydroxylation is 1. The third-order valence-electron chi connectivity index (χ3n) is 1.51. The average molecular weight is 169 g/mol. The predicted octanol–water partition coefficient (Wildman–Crippen LogP) is 1.47. The number of hydrogen-bond acceptors (Lipinski definition) is 2. The number of ether oxygens (including phenoxy) is 1. The minimum absolute atomic E-state index is 0.243. The molecule has 0 fully saturated rings. The number of halogens is 1. The van der Waals surface area contributed by atoms with E-state index in [0.29, 0.717) is 18.9 Å². The molecule has 66 valence electrons. The van der Waals surface area contributed by atoms with E-state index in [1.807, 2.05) is 0 Å². The lowest BCUT2D eigenvalue weighted by atomic mass is 10.2. The molecule has 0 amide bonds. The van der Waals surface area contributed by atoms with Crippen molar-refractivity contribution in [2.24, 2.45) is 5.73 Å². The molecule has 12 heavy (non-hydrogen) atoms. The second kappa shape index (κ2) is 4.07. The van der Waals surface area contributed by atoms with E-state index >= 15 is 0 Å². The smallest absolute Gasteiger partial charge is 0.123 e. The van der Waals surface area contributed by atoms with E-state index < -0.39 is 0 Å². The lowest BCUT2D eigenvalue weighted by molar-refractivity contribution is 0.325. The van der Waals surface area contributed by atoms with E-state index in [9.17, 15) is 4.39 Å². The molecule has 0 aliphatic heterocycles. The van der Waals surface area contributed by atoms with Gasteiger partial charge in [-0.3, -0.25) is 0 Å². The summed E-state index contributed by atoms with van der Waals surface area (Å²) in [6.45, 7) is 2.73. The topological polar surface area (TPSA) is 35.2 Å². The third-order valence-corrected chi connectivity index (χ3v) is 1.51. The van der Waals surface area contributed by atoms with Crippen molar-refractivity contribution in [1.29, 1.82) is 0 Å². The van der Waals surface area contributed by atoms with Crippen molar-refractivity contribution in [2.45, 2.75) is 6.92 Å². The molecule has 1 aromatic rings. The molecule has 0 saturated carbocycles. The highest BCUT2D eigenvalue weighted by atomic mass is 19.1. The maximum absolute atomic E-state index is 12.6. The molecule has 1 rings (SSSR count). The van der Waals surface area contributed by atoms with E-state index in [1.54, 1.807) is 13.0 Å². The van der Waals surface area contributed by atoms with E-state index in [2.05, 4.69) is 0 Å². The summed E-state index contributed by atoms with van der Waals surface area (Å²) in [6, 6.07) is 4.42. The van der Waals surface area contributed by atoms with Crippen molar-refractivity contribution in [3.05, 3.63) is 29.6 Å². The summed E-state index contributed by atoms with van der Waals surface area (Å²) in [5.74, 6) is 0.453. The van der Waals surface area contributed by atoms with E-state index in [4.69, 9.17) is 10.5 Å². The van der Waals surface area contributed by atoms with Gasteiger partial charge in [0.25, 0.3) is 0 Å². The molecule has 0 saturated heterocycles. The Morgan fingerprint density at radius 2 is 2.25 bits per heavy atom. The summed E-state index contributed by atoms with van der Waals surface area (Å²) in [7, 11) is 0. The lowest BCUT2D eigenvalue weighted by Gasteiger charge is -2.06. The van der Waals surface area contributed by atoms with Crippen LogP contribution in [0.2, 0.25) is 0 Å². The van der Waals surface area contributed by atoms with Crippen molar-refractivity contribution < 1.29 is 9.13 Å². The second-order valence-electron chi connectivity index (χ2n) is 2.55. The quantitative estimate of drug-likeness (QED) is 0.743. The molecule has 0 aromatic heterocycles. The van der Waals surface area contributed by atoms with Gasteiger partial charge in [0.1, 0.15) is 18.2 Å². The zero-order chi connectivity index (χ0) is 8.97. The normalized spacial score (nSPS) is 9.92. The first-order valence-electron chi connectivity index (χ1n) is 3.83. The standard InChI is InChI=1S/C9H12FNO/c1-7-6-8(10)2-3-9(7)12-5-4-11/h2-3,6H,4-5,11H2,1H3. The van der Waals surface area contributed by atoms with Crippen LogP contribution in [0.1, 0.15) is 5.56 Å². The number of rotatable bonds is 3. The average Bonchev–Trinajstić information content (AvgIpc) is 2.03. The van der Waals surface area contributed by atoms with Gasteiger partial charge >= 0.3 is 0 Å². The first-order chi connectivity index (χ1) is 5.74. The molecule has 0 spiro atoms. The van der Waals surface area contributed by atoms with Gasteiger partial charge in [-0.15, -0.1) is 0 Å². The highest BCUT2D eigenvalue weighted by Crippen LogP contribution is 2.17. The fourth-order valence-corrected chi connectivity index (χ4v) is 0.944. The zero-order valence-corrected chi connectivity index (χ0v) is 7.01. The highest BCUT2D eigenvalue weighted by molar-refractivity contribution is 5.32. The largest absolute Gasteiger partial charge is 0.492 e. The summed E-state index contributed by atoms with van der Waals surface area (Å²) >= 11 is 0. The minimum Gasteiger partial charge on any atom is -0.492 e. The third kappa shape index (κ3) is 2.20. The Balaban J connectivity index is 2.72. The molecular weight excluding hydrogens is 157 g/mol. The Hall–Kier alpha value is -1.09. The van der Waals surface area contributed by atoms with Crippen LogP contribution < -0.4 is 10.5 Å². The van der Waals surface area contributed by atoms with Gasteiger partial charge in [0.05, 0.1) is 0 Å². The van der Waals surface area contributed by atoms with Gasteiger partial charge < -0.3 is 10.5 Å². The van der Waals surface area contributed by atoms with E-state index in [1.165, 1.54) is 12.1 Å². The van der Waals surface area contributed by atoms with Gasteiger partial charge in [0, 0.05) is 6.54 Å². The van der Waals surface area contributed by atoms with Crippen molar-refractivity contribution in [2.75, 3.05) is 13.2 Å². The van der Waals surface area contributed by atoms with Gasteiger partial charge in [-0.05, 0) is 30.7 Å². The van der Waals surface area contributed by atoms with Crippen molar-refractivity contribution >= 4 is 0 Å². The Bertz CT molecular complexity index is 263. The summed E-state index contributed by atoms with van der Waals surface area (Å²) < 4.78 is 17.8. The molecule has 0 radical (unpaired) electrons. The van der Waals surface area contributed by atoms with Crippen LogP contribution in [0.15, 0.2) is 18.2 Å². The molecule has 3 heteroatoms. The van der Waals surface area contributed by atoms with Crippen molar-refractivity contribution in [1.82, 2.24) is 0 Å². The predicted molar refractivity (Wildman–Crippen MR) is 45.7 cm³/mol. The van der Waals surface area contributed by atoms with Gasteiger partial charge in [-0.25, -0.2) is 4.39 Å². The fourth-order valence-electron chi connectivity index (χ4n) is 0.944. The summed E-state index contributed by atoms with van der Waals surface area (Å²) in [5.41, 5.74) is 6.05. The lowest BCUT2D eigenvalue weighted by Crippen LogP contribution is -2.11. The maximum Gasteiger partial charge on any atom is 0.123 e. The number of benzene rings is 1. The monoisotopic (exact) mass is 169 g/mol. The molecule has 0 aliphatic carbocycles. The Kier molecular flexibility index (Phi) is 3.05.